The Morgan fingerprint density at radius 3 is 2.42 bits per heavy atom. The molecule has 3 aromatic rings. The van der Waals surface area contributed by atoms with Crippen molar-refractivity contribution in [2.75, 3.05) is 5.75 Å². The number of nitrogens with zero attached hydrogens (tertiary/aromatic N) is 4. The lowest BCUT2D eigenvalue weighted by Crippen LogP contribution is -2.37. The molecule has 0 saturated carbocycles. The van der Waals surface area contributed by atoms with Crippen molar-refractivity contribution in [3.8, 4) is 0 Å². The number of hydrogen-bond donors (Lipinski definition) is 1. The van der Waals surface area contributed by atoms with Crippen LogP contribution in [0.5, 0.6) is 0 Å². The van der Waals surface area contributed by atoms with E-state index < -0.39 is 11.8 Å². The van der Waals surface area contributed by atoms with Crippen molar-refractivity contribution in [1.29, 1.82) is 0 Å². The first kappa shape index (κ1) is 18.5. The van der Waals surface area contributed by atoms with Gasteiger partial charge < -0.3 is 9.67 Å². The van der Waals surface area contributed by atoms with Gasteiger partial charge in [-0.2, -0.15) is 0 Å². The summed E-state index contributed by atoms with van der Waals surface area (Å²) in [4.78, 5) is 29.5. The fraction of sp³-hybridized carbons (Fsp3) is 0.389. The summed E-state index contributed by atoms with van der Waals surface area (Å²) in [7, 11) is 3.08. The third-order valence-electron chi connectivity index (χ3n) is 4.23. The fourth-order valence-corrected chi connectivity index (χ4v) is 3.61. The van der Waals surface area contributed by atoms with Gasteiger partial charge in [0.15, 0.2) is 16.3 Å². The molecule has 0 spiro atoms. The summed E-state index contributed by atoms with van der Waals surface area (Å²) in [5, 5.41) is 10.2. The molecule has 3 rings (SSSR count). The largest absolute Gasteiger partial charge is 0.393 e. The molecular formula is C18H22N4O3S. The van der Waals surface area contributed by atoms with Crippen LogP contribution in [0.25, 0.3) is 11.2 Å². The van der Waals surface area contributed by atoms with Crippen LogP contribution < -0.4 is 11.2 Å². The van der Waals surface area contributed by atoms with Crippen LogP contribution in [-0.4, -0.2) is 35.6 Å². The fourth-order valence-electron chi connectivity index (χ4n) is 2.75. The number of imidazole rings is 1. The lowest BCUT2D eigenvalue weighted by molar-refractivity contribution is 0.220. The zero-order valence-electron chi connectivity index (χ0n) is 15.3. The Morgan fingerprint density at radius 2 is 1.81 bits per heavy atom. The van der Waals surface area contributed by atoms with E-state index in [1.54, 1.807) is 14.0 Å². The van der Waals surface area contributed by atoms with E-state index in [2.05, 4.69) is 4.98 Å². The predicted octanol–water partition coefficient (Wildman–Crippen LogP) is 1.26. The maximum Gasteiger partial charge on any atom is 0.332 e. The van der Waals surface area contributed by atoms with E-state index in [9.17, 15) is 14.7 Å². The Labute approximate surface area is 154 Å². The molecule has 0 fully saturated rings. The first-order valence-corrected chi connectivity index (χ1v) is 9.30. The Bertz CT molecular complexity index is 1060. The van der Waals surface area contributed by atoms with E-state index in [4.69, 9.17) is 0 Å². The van der Waals surface area contributed by atoms with E-state index in [1.807, 2.05) is 35.8 Å². The van der Waals surface area contributed by atoms with Crippen LogP contribution >= 0.6 is 11.8 Å². The van der Waals surface area contributed by atoms with Crippen molar-refractivity contribution in [2.45, 2.75) is 31.7 Å². The Balaban J connectivity index is 2.22. The van der Waals surface area contributed by atoms with Gasteiger partial charge >= 0.3 is 5.69 Å². The van der Waals surface area contributed by atoms with Gasteiger partial charge in [-0.05, 0) is 19.4 Å². The molecule has 0 radical (unpaired) electrons. The van der Waals surface area contributed by atoms with Crippen LogP contribution in [0.15, 0.2) is 39.0 Å². The predicted molar refractivity (Wildman–Crippen MR) is 103 cm³/mol. The molecule has 7 nitrogen and oxygen atoms in total. The maximum absolute atomic E-state index is 12.7. The summed E-state index contributed by atoms with van der Waals surface area (Å²) >= 11 is 1.37. The van der Waals surface area contributed by atoms with Gasteiger partial charge in [0.1, 0.15) is 0 Å². The molecule has 1 atom stereocenters. The first-order valence-electron chi connectivity index (χ1n) is 8.32. The standard InChI is InChI=1S/C18H22N4O3S/c1-11-5-7-13(8-6-11)9-22-14-15(19-17(22)26-10-12(2)23)20(3)18(25)21(4)16(14)24/h5-8,12,23H,9-10H2,1-4H3/t12-/m1/s1. The van der Waals surface area contributed by atoms with Crippen molar-refractivity contribution in [1.82, 2.24) is 18.7 Å². The minimum absolute atomic E-state index is 0.360. The number of aliphatic hydroxyl groups excluding tert-OH is 1. The second-order valence-corrected chi connectivity index (χ2v) is 7.49. The number of aromatic nitrogens is 4. The summed E-state index contributed by atoms with van der Waals surface area (Å²) in [6, 6.07) is 8.06. The third-order valence-corrected chi connectivity index (χ3v) is 5.45. The molecule has 0 saturated heterocycles. The van der Waals surface area contributed by atoms with Gasteiger partial charge in [-0.3, -0.25) is 13.9 Å². The second-order valence-electron chi connectivity index (χ2n) is 6.50. The minimum Gasteiger partial charge on any atom is -0.393 e. The summed E-state index contributed by atoms with van der Waals surface area (Å²) in [6.07, 6.45) is -0.501. The molecule has 0 unspecified atom stereocenters. The van der Waals surface area contributed by atoms with Gasteiger partial charge in [0.2, 0.25) is 0 Å². The monoisotopic (exact) mass is 374 g/mol. The zero-order chi connectivity index (χ0) is 19.0. The maximum atomic E-state index is 12.7. The normalized spacial score (nSPS) is 12.7. The van der Waals surface area contributed by atoms with Crippen LogP contribution in [0, 0.1) is 6.92 Å². The second kappa shape index (κ2) is 7.13. The number of aliphatic hydroxyl groups is 1. The van der Waals surface area contributed by atoms with E-state index in [0.29, 0.717) is 28.6 Å². The Morgan fingerprint density at radius 1 is 1.15 bits per heavy atom. The van der Waals surface area contributed by atoms with Gasteiger partial charge in [-0.1, -0.05) is 41.6 Å². The average Bonchev–Trinajstić information content (AvgIpc) is 2.96. The molecule has 0 aliphatic heterocycles. The molecule has 1 N–H and O–H groups in total. The molecular weight excluding hydrogens is 352 g/mol. The Hall–Kier alpha value is -2.32. The van der Waals surface area contributed by atoms with E-state index in [0.717, 1.165) is 15.7 Å². The van der Waals surface area contributed by atoms with Crippen molar-refractivity contribution in [2.24, 2.45) is 14.1 Å². The van der Waals surface area contributed by atoms with Crippen molar-refractivity contribution >= 4 is 22.9 Å². The molecule has 0 aliphatic rings. The number of thioether (sulfide) groups is 1. The molecule has 26 heavy (non-hydrogen) atoms. The van der Waals surface area contributed by atoms with Gasteiger partial charge in [0.25, 0.3) is 5.56 Å². The summed E-state index contributed by atoms with van der Waals surface area (Å²) in [6.45, 7) is 4.19. The molecule has 138 valence electrons. The highest BCUT2D eigenvalue weighted by molar-refractivity contribution is 7.99. The molecule has 0 amide bonds. The first-order chi connectivity index (χ1) is 12.3. The number of rotatable bonds is 5. The topological polar surface area (TPSA) is 82.1 Å². The summed E-state index contributed by atoms with van der Waals surface area (Å²) in [5.41, 5.74) is 2.17. The van der Waals surface area contributed by atoms with Gasteiger partial charge in [-0.15, -0.1) is 0 Å². The highest BCUT2D eigenvalue weighted by Crippen LogP contribution is 2.23. The van der Waals surface area contributed by atoms with Crippen LogP contribution in [0.1, 0.15) is 18.1 Å². The van der Waals surface area contributed by atoms with Crippen LogP contribution in [0.3, 0.4) is 0 Å². The molecule has 0 bridgehead atoms. The highest BCUT2D eigenvalue weighted by Gasteiger charge is 2.20. The molecule has 2 heterocycles. The number of benzene rings is 1. The van der Waals surface area contributed by atoms with E-state index >= 15 is 0 Å². The molecule has 2 aromatic heterocycles. The average molecular weight is 374 g/mol. The van der Waals surface area contributed by atoms with Crippen molar-refractivity contribution < 1.29 is 5.11 Å². The van der Waals surface area contributed by atoms with Gasteiger partial charge in [0, 0.05) is 19.8 Å². The van der Waals surface area contributed by atoms with Gasteiger partial charge in [-0.25, -0.2) is 9.78 Å². The van der Waals surface area contributed by atoms with Crippen LogP contribution in [0.4, 0.5) is 0 Å². The van der Waals surface area contributed by atoms with Crippen molar-refractivity contribution in [3.05, 3.63) is 56.2 Å². The summed E-state index contributed by atoms with van der Waals surface area (Å²) < 4.78 is 4.31. The van der Waals surface area contributed by atoms with Crippen LogP contribution in [0.2, 0.25) is 0 Å². The Kier molecular flexibility index (Phi) is 5.06. The number of hydrogen-bond acceptors (Lipinski definition) is 5. The third kappa shape index (κ3) is 3.34. The minimum atomic E-state index is -0.501. The molecule has 8 heteroatoms. The lowest BCUT2D eigenvalue weighted by atomic mass is 10.1. The SMILES string of the molecule is Cc1ccc(Cn2c(SC[C@@H](C)O)nc3c2c(=O)n(C)c(=O)n3C)cc1. The quantitative estimate of drug-likeness (QED) is 0.680. The van der Waals surface area contributed by atoms with Crippen molar-refractivity contribution in [3.63, 3.8) is 0 Å². The van der Waals surface area contributed by atoms with Gasteiger partial charge in [0.05, 0.1) is 12.6 Å². The van der Waals surface area contributed by atoms with E-state index in [1.165, 1.54) is 23.4 Å². The molecule has 0 aliphatic carbocycles. The smallest absolute Gasteiger partial charge is 0.332 e. The van der Waals surface area contributed by atoms with E-state index in [-0.39, 0.29) is 5.56 Å². The number of fused-ring (bicyclic) bond motifs is 1. The zero-order valence-corrected chi connectivity index (χ0v) is 16.1. The van der Waals surface area contributed by atoms with Crippen LogP contribution in [-0.2, 0) is 20.6 Å². The highest BCUT2D eigenvalue weighted by atomic mass is 32.2. The summed E-state index contributed by atoms with van der Waals surface area (Å²) in [5.74, 6) is 0.450. The lowest BCUT2D eigenvalue weighted by Gasteiger charge is -2.10. The number of aryl methyl sites for hydroxylation is 2. The molecule has 1 aromatic carbocycles.